The summed E-state index contributed by atoms with van der Waals surface area (Å²) in [4.78, 5) is 23.0. The molecule has 5 heteroatoms. The highest BCUT2D eigenvalue weighted by Crippen LogP contribution is 2.37. The standard InChI is InChI=1S/C20H14N2O3/c23-20(18-7-3-4-8-19(18)22(24)25)21-15-9-10-17-14(12-15)11-13-5-1-2-6-16(13)17/h1-10,12H,11H2,(H,21,23). The van der Waals surface area contributed by atoms with Crippen LogP contribution in [-0.2, 0) is 6.42 Å². The van der Waals surface area contributed by atoms with Crippen LogP contribution in [0.25, 0.3) is 11.1 Å². The second-order valence-electron chi connectivity index (χ2n) is 5.93. The maximum Gasteiger partial charge on any atom is 0.282 e. The fraction of sp³-hybridized carbons (Fsp3) is 0.0500. The number of nitro benzene ring substituents is 1. The summed E-state index contributed by atoms with van der Waals surface area (Å²) in [6.07, 6.45) is 0.820. The molecule has 0 spiro atoms. The van der Waals surface area contributed by atoms with Crippen LogP contribution in [0.4, 0.5) is 11.4 Å². The molecule has 0 heterocycles. The number of benzene rings is 3. The van der Waals surface area contributed by atoms with E-state index in [1.54, 1.807) is 12.1 Å². The predicted octanol–water partition coefficient (Wildman–Crippen LogP) is 4.42. The lowest BCUT2D eigenvalue weighted by atomic mass is 10.1. The van der Waals surface area contributed by atoms with E-state index >= 15 is 0 Å². The first kappa shape index (κ1) is 15.1. The summed E-state index contributed by atoms with van der Waals surface area (Å²) in [5, 5.41) is 13.9. The largest absolute Gasteiger partial charge is 0.322 e. The fourth-order valence-corrected chi connectivity index (χ4v) is 3.25. The number of nitrogens with one attached hydrogen (secondary N) is 1. The normalized spacial score (nSPS) is 11.5. The summed E-state index contributed by atoms with van der Waals surface area (Å²) < 4.78 is 0. The van der Waals surface area contributed by atoms with Gasteiger partial charge >= 0.3 is 0 Å². The van der Waals surface area contributed by atoms with Crippen LogP contribution in [0.2, 0.25) is 0 Å². The molecule has 0 radical (unpaired) electrons. The number of nitrogens with zero attached hydrogens (tertiary/aromatic N) is 1. The fourth-order valence-electron chi connectivity index (χ4n) is 3.25. The van der Waals surface area contributed by atoms with Crippen molar-refractivity contribution >= 4 is 17.3 Å². The number of hydrogen-bond acceptors (Lipinski definition) is 3. The highest BCUT2D eigenvalue weighted by molar-refractivity contribution is 6.07. The summed E-state index contributed by atoms with van der Waals surface area (Å²) in [7, 11) is 0. The van der Waals surface area contributed by atoms with E-state index in [0.717, 1.165) is 12.0 Å². The summed E-state index contributed by atoms with van der Waals surface area (Å²) in [5.41, 5.74) is 5.27. The summed E-state index contributed by atoms with van der Waals surface area (Å²) >= 11 is 0. The summed E-state index contributed by atoms with van der Waals surface area (Å²) in [6, 6.07) is 19.9. The van der Waals surface area contributed by atoms with Crippen LogP contribution in [0.15, 0.2) is 66.7 Å². The van der Waals surface area contributed by atoms with E-state index in [1.165, 1.54) is 28.8 Å². The smallest absolute Gasteiger partial charge is 0.282 e. The molecule has 25 heavy (non-hydrogen) atoms. The third kappa shape index (κ3) is 2.65. The number of carbonyl (C=O) groups excluding carboxylic acids is 1. The van der Waals surface area contributed by atoms with Gasteiger partial charge in [0.25, 0.3) is 11.6 Å². The first-order chi connectivity index (χ1) is 12.1. The highest BCUT2D eigenvalue weighted by atomic mass is 16.6. The second kappa shape index (κ2) is 5.87. The molecule has 0 atom stereocenters. The number of para-hydroxylation sites is 1. The van der Waals surface area contributed by atoms with Crippen molar-refractivity contribution in [1.82, 2.24) is 0 Å². The Labute approximate surface area is 144 Å². The number of nitro groups is 1. The zero-order chi connectivity index (χ0) is 17.4. The van der Waals surface area contributed by atoms with Gasteiger partial charge in [0, 0.05) is 11.8 Å². The van der Waals surface area contributed by atoms with Crippen LogP contribution in [0, 0.1) is 10.1 Å². The lowest BCUT2D eigenvalue weighted by Crippen LogP contribution is -2.14. The van der Waals surface area contributed by atoms with Gasteiger partial charge in [0.1, 0.15) is 5.56 Å². The lowest BCUT2D eigenvalue weighted by Gasteiger charge is -2.08. The van der Waals surface area contributed by atoms with Crippen LogP contribution in [-0.4, -0.2) is 10.8 Å². The average Bonchev–Trinajstić information content (AvgIpc) is 2.99. The molecule has 3 aromatic rings. The van der Waals surface area contributed by atoms with Gasteiger partial charge in [-0.15, -0.1) is 0 Å². The number of hydrogen-bond donors (Lipinski definition) is 1. The van der Waals surface area contributed by atoms with Crippen LogP contribution < -0.4 is 5.32 Å². The maximum absolute atomic E-state index is 12.4. The summed E-state index contributed by atoms with van der Waals surface area (Å²) in [5.74, 6) is -0.484. The van der Waals surface area contributed by atoms with Crippen molar-refractivity contribution in [1.29, 1.82) is 0 Å². The number of anilines is 1. The minimum Gasteiger partial charge on any atom is -0.322 e. The molecular formula is C20H14N2O3. The third-order valence-electron chi connectivity index (χ3n) is 4.40. The minimum absolute atomic E-state index is 0.0521. The first-order valence-electron chi connectivity index (χ1n) is 7.89. The molecule has 1 N–H and O–H groups in total. The van der Waals surface area contributed by atoms with E-state index in [1.807, 2.05) is 30.3 Å². The summed E-state index contributed by atoms with van der Waals surface area (Å²) in [6.45, 7) is 0. The minimum atomic E-state index is -0.547. The Bertz CT molecular complexity index is 1010. The SMILES string of the molecule is O=C(Nc1ccc2c(c1)Cc1ccccc1-2)c1ccccc1[N+](=O)[O-]. The van der Waals surface area contributed by atoms with Crippen molar-refractivity contribution in [2.75, 3.05) is 5.32 Å². The Morgan fingerprint density at radius 2 is 1.64 bits per heavy atom. The average molecular weight is 330 g/mol. The van der Waals surface area contributed by atoms with Gasteiger partial charge in [-0.2, -0.15) is 0 Å². The molecule has 122 valence electrons. The van der Waals surface area contributed by atoms with Gasteiger partial charge in [0.2, 0.25) is 0 Å². The van der Waals surface area contributed by atoms with Crippen molar-refractivity contribution < 1.29 is 9.72 Å². The molecule has 1 amide bonds. The lowest BCUT2D eigenvalue weighted by molar-refractivity contribution is -0.385. The molecule has 0 fully saturated rings. The van der Waals surface area contributed by atoms with E-state index < -0.39 is 10.8 Å². The Balaban J connectivity index is 1.62. The maximum atomic E-state index is 12.4. The zero-order valence-corrected chi connectivity index (χ0v) is 13.2. The predicted molar refractivity (Wildman–Crippen MR) is 95.7 cm³/mol. The van der Waals surface area contributed by atoms with Crippen molar-refractivity contribution in [3.63, 3.8) is 0 Å². The van der Waals surface area contributed by atoms with Gasteiger partial charge in [-0.3, -0.25) is 14.9 Å². The Morgan fingerprint density at radius 3 is 2.48 bits per heavy atom. The molecular weight excluding hydrogens is 316 g/mol. The van der Waals surface area contributed by atoms with E-state index in [2.05, 4.69) is 17.4 Å². The number of carbonyl (C=O) groups is 1. The molecule has 0 saturated heterocycles. The molecule has 1 aliphatic carbocycles. The molecule has 0 saturated carbocycles. The Hall–Kier alpha value is -3.47. The van der Waals surface area contributed by atoms with E-state index in [-0.39, 0.29) is 11.3 Å². The molecule has 4 rings (SSSR count). The van der Waals surface area contributed by atoms with Gasteiger partial charge in [0.05, 0.1) is 4.92 Å². The van der Waals surface area contributed by atoms with E-state index in [9.17, 15) is 14.9 Å². The van der Waals surface area contributed by atoms with Gasteiger partial charge < -0.3 is 5.32 Å². The molecule has 0 aromatic heterocycles. The third-order valence-corrected chi connectivity index (χ3v) is 4.40. The number of rotatable bonds is 3. The Kier molecular flexibility index (Phi) is 3.54. The van der Waals surface area contributed by atoms with Gasteiger partial charge in [0.15, 0.2) is 0 Å². The van der Waals surface area contributed by atoms with Crippen molar-refractivity contribution in [2.24, 2.45) is 0 Å². The van der Waals surface area contributed by atoms with Crippen LogP contribution >= 0.6 is 0 Å². The van der Waals surface area contributed by atoms with Crippen molar-refractivity contribution in [3.05, 3.63) is 93.5 Å². The number of amides is 1. The van der Waals surface area contributed by atoms with Crippen LogP contribution in [0.5, 0.6) is 0 Å². The molecule has 0 bridgehead atoms. The quantitative estimate of drug-likeness (QED) is 0.446. The van der Waals surface area contributed by atoms with Gasteiger partial charge in [-0.25, -0.2) is 0 Å². The van der Waals surface area contributed by atoms with Crippen LogP contribution in [0.1, 0.15) is 21.5 Å². The zero-order valence-electron chi connectivity index (χ0n) is 13.2. The molecule has 0 unspecified atom stereocenters. The van der Waals surface area contributed by atoms with E-state index in [4.69, 9.17) is 0 Å². The van der Waals surface area contributed by atoms with Crippen molar-refractivity contribution in [3.8, 4) is 11.1 Å². The monoisotopic (exact) mass is 330 g/mol. The molecule has 3 aromatic carbocycles. The molecule has 5 nitrogen and oxygen atoms in total. The van der Waals surface area contributed by atoms with Crippen LogP contribution in [0.3, 0.4) is 0 Å². The van der Waals surface area contributed by atoms with Gasteiger partial charge in [-0.05, 0) is 46.9 Å². The number of fused-ring (bicyclic) bond motifs is 3. The van der Waals surface area contributed by atoms with Gasteiger partial charge in [-0.1, -0.05) is 42.5 Å². The molecule has 1 aliphatic rings. The molecule has 0 aliphatic heterocycles. The topological polar surface area (TPSA) is 72.2 Å². The first-order valence-corrected chi connectivity index (χ1v) is 7.89. The van der Waals surface area contributed by atoms with Crippen molar-refractivity contribution in [2.45, 2.75) is 6.42 Å². The Morgan fingerprint density at radius 1 is 0.920 bits per heavy atom. The second-order valence-corrected chi connectivity index (χ2v) is 5.93. The highest BCUT2D eigenvalue weighted by Gasteiger charge is 2.21. The van der Waals surface area contributed by atoms with E-state index in [0.29, 0.717) is 5.69 Å².